The SMILES string of the molecule is Cc1ncccc1C(O)C1CCCc2cccnc21. The molecule has 3 nitrogen and oxygen atoms in total. The highest BCUT2D eigenvalue weighted by Crippen LogP contribution is 2.39. The Kier molecular flexibility index (Phi) is 3.30. The van der Waals surface area contributed by atoms with E-state index in [9.17, 15) is 5.11 Å². The second-order valence-electron chi connectivity index (χ2n) is 5.17. The lowest BCUT2D eigenvalue weighted by atomic mass is 9.81. The summed E-state index contributed by atoms with van der Waals surface area (Å²) in [4.78, 5) is 8.77. The third-order valence-corrected chi connectivity index (χ3v) is 3.99. The zero-order valence-corrected chi connectivity index (χ0v) is 11.1. The zero-order valence-electron chi connectivity index (χ0n) is 11.1. The number of hydrogen-bond donors (Lipinski definition) is 1. The molecular weight excluding hydrogens is 236 g/mol. The molecule has 1 aliphatic rings. The summed E-state index contributed by atoms with van der Waals surface area (Å²) in [6, 6.07) is 7.94. The normalized spacial score (nSPS) is 19.8. The van der Waals surface area contributed by atoms with E-state index in [-0.39, 0.29) is 5.92 Å². The maximum Gasteiger partial charge on any atom is 0.0891 e. The van der Waals surface area contributed by atoms with Crippen molar-refractivity contribution in [2.45, 2.75) is 38.2 Å². The summed E-state index contributed by atoms with van der Waals surface area (Å²) in [5, 5.41) is 10.7. The quantitative estimate of drug-likeness (QED) is 0.896. The molecule has 0 bridgehead atoms. The summed E-state index contributed by atoms with van der Waals surface area (Å²) >= 11 is 0. The first kappa shape index (κ1) is 12.3. The number of aliphatic hydroxyl groups excluding tert-OH is 1. The van der Waals surface area contributed by atoms with Crippen LogP contribution in [-0.4, -0.2) is 15.1 Å². The van der Waals surface area contributed by atoms with Crippen molar-refractivity contribution in [3.63, 3.8) is 0 Å². The Morgan fingerprint density at radius 1 is 1.21 bits per heavy atom. The summed E-state index contributed by atoms with van der Waals surface area (Å²) < 4.78 is 0. The highest BCUT2D eigenvalue weighted by molar-refractivity contribution is 5.31. The molecule has 0 amide bonds. The van der Waals surface area contributed by atoms with Gasteiger partial charge in [-0.25, -0.2) is 0 Å². The number of aryl methyl sites for hydroxylation is 2. The first-order valence-corrected chi connectivity index (χ1v) is 6.80. The Morgan fingerprint density at radius 2 is 2.00 bits per heavy atom. The molecule has 1 aliphatic carbocycles. The molecule has 2 unspecified atom stereocenters. The minimum Gasteiger partial charge on any atom is -0.388 e. The Balaban J connectivity index is 1.98. The van der Waals surface area contributed by atoms with Gasteiger partial charge in [-0.3, -0.25) is 9.97 Å². The van der Waals surface area contributed by atoms with Gasteiger partial charge in [-0.2, -0.15) is 0 Å². The van der Waals surface area contributed by atoms with E-state index in [0.29, 0.717) is 0 Å². The largest absolute Gasteiger partial charge is 0.388 e. The van der Waals surface area contributed by atoms with Crippen LogP contribution in [0.3, 0.4) is 0 Å². The molecule has 0 saturated heterocycles. The van der Waals surface area contributed by atoms with E-state index in [1.807, 2.05) is 31.3 Å². The minimum absolute atomic E-state index is 0.0906. The van der Waals surface area contributed by atoms with Crippen LogP contribution in [0.25, 0.3) is 0 Å². The number of pyridine rings is 2. The van der Waals surface area contributed by atoms with Crippen molar-refractivity contribution in [1.82, 2.24) is 9.97 Å². The van der Waals surface area contributed by atoms with Gasteiger partial charge in [-0.05, 0) is 43.9 Å². The number of nitrogens with zero attached hydrogens (tertiary/aromatic N) is 2. The summed E-state index contributed by atoms with van der Waals surface area (Å²) in [5.41, 5.74) is 4.16. The third kappa shape index (κ3) is 2.26. The van der Waals surface area contributed by atoms with Gasteiger partial charge < -0.3 is 5.11 Å². The van der Waals surface area contributed by atoms with E-state index >= 15 is 0 Å². The molecule has 0 aromatic carbocycles. The Bertz CT molecular complexity index is 582. The molecule has 1 N–H and O–H groups in total. The van der Waals surface area contributed by atoms with E-state index < -0.39 is 6.10 Å². The molecule has 0 radical (unpaired) electrons. The maximum absolute atomic E-state index is 10.7. The lowest BCUT2D eigenvalue weighted by Crippen LogP contribution is -2.19. The van der Waals surface area contributed by atoms with Gasteiger partial charge in [0, 0.05) is 35.3 Å². The Hall–Kier alpha value is -1.74. The van der Waals surface area contributed by atoms with Crippen molar-refractivity contribution in [2.24, 2.45) is 0 Å². The first-order valence-electron chi connectivity index (χ1n) is 6.80. The lowest BCUT2D eigenvalue weighted by molar-refractivity contribution is 0.133. The summed E-state index contributed by atoms with van der Waals surface area (Å²) in [5.74, 6) is 0.0906. The van der Waals surface area contributed by atoms with Gasteiger partial charge in [-0.15, -0.1) is 0 Å². The average Bonchev–Trinajstić information content (AvgIpc) is 2.46. The maximum atomic E-state index is 10.7. The number of rotatable bonds is 2. The highest BCUT2D eigenvalue weighted by Gasteiger charge is 2.29. The van der Waals surface area contributed by atoms with Crippen LogP contribution >= 0.6 is 0 Å². The number of fused-ring (bicyclic) bond motifs is 1. The highest BCUT2D eigenvalue weighted by atomic mass is 16.3. The fourth-order valence-electron chi connectivity index (χ4n) is 2.98. The monoisotopic (exact) mass is 254 g/mol. The predicted molar refractivity (Wildman–Crippen MR) is 73.8 cm³/mol. The topological polar surface area (TPSA) is 46.0 Å². The smallest absolute Gasteiger partial charge is 0.0891 e. The van der Waals surface area contributed by atoms with E-state index in [4.69, 9.17) is 0 Å². The van der Waals surface area contributed by atoms with Crippen molar-refractivity contribution in [3.8, 4) is 0 Å². The van der Waals surface area contributed by atoms with Crippen molar-refractivity contribution in [1.29, 1.82) is 0 Å². The van der Waals surface area contributed by atoms with Crippen LogP contribution in [0.1, 0.15) is 47.4 Å². The van der Waals surface area contributed by atoms with Gasteiger partial charge in [0.05, 0.1) is 6.10 Å². The molecule has 19 heavy (non-hydrogen) atoms. The standard InChI is InChI=1S/C16H18N2O/c1-11-13(8-4-9-17-11)16(19)14-7-2-5-12-6-3-10-18-15(12)14/h3-4,6,8-10,14,16,19H,2,5,7H2,1H3. The third-order valence-electron chi connectivity index (χ3n) is 3.99. The second-order valence-corrected chi connectivity index (χ2v) is 5.17. The van der Waals surface area contributed by atoms with Gasteiger partial charge >= 0.3 is 0 Å². The van der Waals surface area contributed by atoms with E-state index in [1.54, 1.807) is 6.20 Å². The Morgan fingerprint density at radius 3 is 2.84 bits per heavy atom. The molecule has 2 heterocycles. The molecule has 2 aromatic heterocycles. The van der Waals surface area contributed by atoms with Crippen molar-refractivity contribution >= 4 is 0 Å². The van der Waals surface area contributed by atoms with Crippen LogP contribution in [0.15, 0.2) is 36.7 Å². The van der Waals surface area contributed by atoms with Gasteiger partial charge in [0.1, 0.15) is 0 Å². The molecule has 2 aromatic rings. The minimum atomic E-state index is -0.511. The van der Waals surface area contributed by atoms with E-state index in [2.05, 4.69) is 16.0 Å². The summed E-state index contributed by atoms with van der Waals surface area (Å²) in [7, 11) is 0. The fraction of sp³-hybridized carbons (Fsp3) is 0.375. The average molecular weight is 254 g/mol. The van der Waals surface area contributed by atoms with E-state index in [0.717, 1.165) is 36.2 Å². The molecule has 0 aliphatic heterocycles. The predicted octanol–water partition coefficient (Wildman–Crippen LogP) is 2.94. The van der Waals surface area contributed by atoms with Crippen LogP contribution in [0.4, 0.5) is 0 Å². The Labute approximate surface area is 113 Å². The lowest BCUT2D eigenvalue weighted by Gasteiger charge is -2.29. The molecule has 98 valence electrons. The summed E-state index contributed by atoms with van der Waals surface area (Å²) in [6.07, 6.45) is 6.23. The number of hydrogen-bond acceptors (Lipinski definition) is 3. The number of aliphatic hydroxyl groups is 1. The zero-order chi connectivity index (χ0) is 13.2. The van der Waals surface area contributed by atoms with E-state index in [1.165, 1.54) is 5.56 Å². The molecule has 2 atom stereocenters. The van der Waals surface area contributed by atoms with Gasteiger partial charge in [0.25, 0.3) is 0 Å². The number of aromatic nitrogens is 2. The first-order chi connectivity index (χ1) is 9.27. The molecule has 0 fully saturated rings. The molecule has 3 rings (SSSR count). The molecule has 3 heteroatoms. The summed E-state index contributed by atoms with van der Waals surface area (Å²) in [6.45, 7) is 1.95. The van der Waals surface area contributed by atoms with Gasteiger partial charge in [-0.1, -0.05) is 12.1 Å². The van der Waals surface area contributed by atoms with Crippen LogP contribution in [-0.2, 0) is 6.42 Å². The van der Waals surface area contributed by atoms with Gasteiger partial charge in [0.2, 0.25) is 0 Å². The fourth-order valence-corrected chi connectivity index (χ4v) is 2.98. The second kappa shape index (κ2) is 5.10. The van der Waals surface area contributed by atoms with Crippen LogP contribution in [0, 0.1) is 6.92 Å². The van der Waals surface area contributed by atoms with Crippen LogP contribution in [0.2, 0.25) is 0 Å². The van der Waals surface area contributed by atoms with Crippen molar-refractivity contribution in [2.75, 3.05) is 0 Å². The molecular formula is C16H18N2O. The van der Waals surface area contributed by atoms with Crippen molar-refractivity contribution < 1.29 is 5.11 Å². The molecule has 0 spiro atoms. The molecule has 0 saturated carbocycles. The van der Waals surface area contributed by atoms with Crippen molar-refractivity contribution in [3.05, 3.63) is 59.2 Å². The van der Waals surface area contributed by atoms with Gasteiger partial charge in [0.15, 0.2) is 0 Å². The van der Waals surface area contributed by atoms with Crippen LogP contribution in [0.5, 0.6) is 0 Å². The van der Waals surface area contributed by atoms with Crippen LogP contribution < -0.4 is 0 Å².